The zero-order chi connectivity index (χ0) is 17.4. The number of nitrogens with zero attached hydrogens (tertiary/aromatic N) is 3. The average molecular weight is 327 g/mol. The summed E-state index contributed by atoms with van der Waals surface area (Å²) in [6, 6.07) is 11.1. The molecule has 6 nitrogen and oxygen atoms in total. The van der Waals surface area contributed by atoms with Crippen molar-refractivity contribution in [1.82, 2.24) is 4.98 Å². The van der Waals surface area contributed by atoms with E-state index < -0.39 is 0 Å². The summed E-state index contributed by atoms with van der Waals surface area (Å²) in [6.45, 7) is 1.39. The maximum Gasteiger partial charge on any atom is 0.140 e. The molecule has 0 amide bonds. The normalized spacial score (nSPS) is 9.92. The number of benzene rings is 1. The summed E-state index contributed by atoms with van der Waals surface area (Å²) in [5.41, 5.74) is 1.39. The molecule has 0 unspecified atom stereocenters. The van der Waals surface area contributed by atoms with Gasteiger partial charge in [0, 0.05) is 31.8 Å². The molecule has 0 spiro atoms. The van der Waals surface area contributed by atoms with Gasteiger partial charge in [0.2, 0.25) is 0 Å². The summed E-state index contributed by atoms with van der Waals surface area (Å²) in [4.78, 5) is 6.14. The van der Waals surface area contributed by atoms with E-state index in [9.17, 15) is 0 Å². The first-order valence-corrected chi connectivity index (χ1v) is 7.59. The SMILES string of the molecule is COc1cc(OC)cc(OCCCN(C)c2ccc(C#N)nc2)c1. The van der Waals surface area contributed by atoms with Crippen molar-refractivity contribution in [3.05, 3.63) is 42.2 Å². The van der Waals surface area contributed by atoms with Gasteiger partial charge in [-0.2, -0.15) is 5.26 Å². The highest BCUT2D eigenvalue weighted by atomic mass is 16.5. The molecule has 0 aliphatic heterocycles. The average Bonchev–Trinajstić information content (AvgIpc) is 2.64. The highest BCUT2D eigenvalue weighted by Gasteiger charge is 2.05. The molecule has 1 heterocycles. The van der Waals surface area contributed by atoms with Gasteiger partial charge in [0.05, 0.1) is 32.7 Å². The number of anilines is 1. The lowest BCUT2D eigenvalue weighted by Crippen LogP contribution is -2.20. The van der Waals surface area contributed by atoms with Gasteiger partial charge in [0.25, 0.3) is 0 Å². The van der Waals surface area contributed by atoms with Crippen LogP contribution in [0.4, 0.5) is 5.69 Å². The maximum absolute atomic E-state index is 8.76. The summed E-state index contributed by atoms with van der Waals surface area (Å²) < 4.78 is 16.2. The van der Waals surface area contributed by atoms with Gasteiger partial charge in [-0.25, -0.2) is 4.98 Å². The third-order valence-corrected chi connectivity index (χ3v) is 3.53. The minimum Gasteiger partial charge on any atom is -0.496 e. The number of rotatable bonds is 8. The van der Waals surface area contributed by atoms with Gasteiger partial charge in [-0.05, 0) is 18.6 Å². The number of methoxy groups -OCH3 is 2. The van der Waals surface area contributed by atoms with Crippen LogP contribution in [0, 0.1) is 11.3 Å². The van der Waals surface area contributed by atoms with Crippen LogP contribution in [0.1, 0.15) is 12.1 Å². The fourth-order valence-corrected chi connectivity index (χ4v) is 2.16. The third kappa shape index (κ3) is 4.78. The summed E-state index contributed by atoms with van der Waals surface area (Å²) in [5, 5.41) is 8.76. The minimum atomic E-state index is 0.419. The fourth-order valence-electron chi connectivity index (χ4n) is 2.16. The first kappa shape index (κ1) is 17.4. The second-order valence-electron chi connectivity index (χ2n) is 5.19. The van der Waals surface area contributed by atoms with Crippen molar-refractivity contribution in [2.75, 3.05) is 39.3 Å². The van der Waals surface area contributed by atoms with Crippen LogP contribution in [-0.4, -0.2) is 39.4 Å². The molecule has 2 rings (SSSR count). The van der Waals surface area contributed by atoms with Crippen molar-refractivity contribution in [3.8, 4) is 23.3 Å². The molecule has 24 heavy (non-hydrogen) atoms. The van der Waals surface area contributed by atoms with Crippen molar-refractivity contribution < 1.29 is 14.2 Å². The summed E-state index contributed by atoms with van der Waals surface area (Å²) in [5.74, 6) is 2.11. The van der Waals surface area contributed by atoms with E-state index in [1.165, 1.54) is 0 Å². The predicted octanol–water partition coefficient (Wildman–Crippen LogP) is 2.88. The fraction of sp³-hybridized carbons (Fsp3) is 0.333. The topological polar surface area (TPSA) is 67.6 Å². The molecule has 1 aromatic carbocycles. The summed E-state index contributed by atoms with van der Waals surface area (Å²) >= 11 is 0. The number of pyridine rings is 1. The zero-order valence-corrected chi connectivity index (χ0v) is 14.2. The molecule has 0 aliphatic rings. The Hall–Kier alpha value is -2.94. The van der Waals surface area contributed by atoms with Crippen molar-refractivity contribution in [2.24, 2.45) is 0 Å². The molecule has 0 saturated carbocycles. The molecule has 0 aliphatic carbocycles. The van der Waals surface area contributed by atoms with Crippen LogP contribution in [0.15, 0.2) is 36.5 Å². The highest BCUT2D eigenvalue weighted by molar-refractivity contribution is 5.45. The lowest BCUT2D eigenvalue weighted by atomic mass is 10.3. The number of hydrogen-bond acceptors (Lipinski definition) is 6. The van der Waals surface area contributed by atoms with E-state index in [0.717, 1.165) is 18.7 Å². The number of aromatic nitrogens is 1. The van der Waals surface area contributed by atoms with Crippen LogP contribution in [0.5, 0.6) is 17.2 Å². The lowest BCUT2D eigenvalue weighted by Gasteiger charge is -2.19. The predicted molar refractivity (Wildman–Crippen MR) is 91.9 cm³/mol. The minimum absolute atomic E-state index is 0.419. The lowest BCUT2D eigenvalue weighted by molar-refractivity contribution is 0.306. The van der Waals surface area contributed by atoms with Crippen LogP contribution < -0.4 is 19.1 Å². The number of nitriles is 1. The van der Waals surface area contributed by atoms with Gasteiger partial charge in [-0.3, -0.25) is 0 Å². The molecular weight excluding hydrogens is 306 g/mol. The smallest absolute Gasteiger partial charge is 0.140 e. The van der Waals surface area contributed by atoms with Crippen LogP contribution in [0.3, 0.4) is 0 Å². The van der Waals surface area contributed by atoms with Crippen molar-refractivity contribution in [3.63, 3.8) is 0 Å². The van der Waals surface area contributed by atoms with Crippen molar-refractivity contribution >= 4 is 5.69 Å². The quantitative estimate of drug-likeness (QED) is 0.695. The third-order valence-electron chi connectivity index (χ3n) is 3.53. The Labute approximate surface area is 142 Å². The highest BCUT2D eigenvalue weighted by Crippen LogP contribution is 2.27. The molecule has 126 valence electrons. The monoisotopic (exact) mass is 327 g/mol. The van der Waals surface area contributed by atoms with E-state index in [2.05, 4.69) is 9.88 Å². The van der Waals surface area contributed by atoms with E-state index >= 15 is 0 Å². The zero-order valence-electron chi connectivity index (χ0n) is 14.2. The van der Waals surface area contributed by atoms with Gasteiger partial charge in [-0.1, -0.05) is 0 Å². The molecule has 6 heteroatoms. The Kier molecular flexibility index (Phi) is 6.26. The Morgan fingerprint density at radius 1 is 1.08 bits per heavy atom. The molecule has 0 saturated heterocycles. The van der Waals surface area contributed by atoms with Crippen LogP contribution in [0.2, 0.25) is 0 Å². The largest absolute Gasteiger partial charge is 0.496 e. The molecule has 0 bridgehead atoms. The van der Waals surface area contributed by atoms with E-state index in [1.54, 1.807) is 32.5 Å². The summed E-state index contributed by atoms with van der Waals surface area (Å²) in [6.07, 6.45) is 2.54. The standard InChI is InChI=1S/C18H21N3O3/c1-21(15-6-5-14(12-19)20-13-15)7-4-8-24-18-10-16(22-2)9-17(11-18)23-3/h5-6,9-11,13H,4,7-8H2,1-3H3. The Balaban J connectivity index is 1.82. The first-order chi connectivity index (χ1) is 11.7. The van der Waals surface area contributed by atoms with E-state index in [4.69, 9.17) is 19.5 Å². The van der Waals surface area contributed by atoms with Crippen molar-refractivity contribution in [2.45, 2.75) is 6.42 Å². The molecule has 0 fully saturated rings. The van der Waals surface area contributed by atoms with Crippen LogP contribution >= 0.6 is 0 Å². The Morgan fingerprint density at radius 3 is 2.29 bits per heavy atom. The molecule has 0 atom stereocenters. The second-order valence-corrected chi connectivity index (χ2v) is 5.19. The summed E-state index contributed by atoms with van der Waals surface area (Å²) in [7, 11) is 5.20. The molecule has 0 N–H and O–H groups in total. The van der Waals surface area contributed by atoms with E-state index in [-0.39, 0.29) is 0 Å². The molecule has 1 aromatic heterocycles. The molecular formula is C18H21N3O3. The van der Waals surface area contributed by atoms with Gasteiger partial charge in [0.15, 0.2) is 0 Å². The van der Waals surface area contributed by atoms with E-state index in [1.807, 2.05) is 31.3 Å². The molecule has 0 radical (unpaired) electrons. The Morgan fingerprint density at radius 2 is 1.75 bits per heavy atom. The number of hydrogen-bond donors (Lipinski definition) is 0. The van der Waals surface area contributed by atoms with Gasteiger partial charge >= 0.3 is 0 Å². The van der Waals surface area contributed by atoms with Gasteiger partial charge in [-0.15, -0.1) is 0 Å². The van der Waals surface area contributed by atoms with Crippen LogP contribution in [0.25, 0.3) is 0 Å². The molecule has 2 aromatic rings. The van der Waals surface area contributed by atoms with Crippen molar-refractivity contribution in [1.29, 1.82) is 5.26 Å². The maximum atomic E-state index is 8.76. The Bertz CT molecular complexity index is 673. The van der Waals surface area contributed by atoms with Gasteiger partial charge in [0.1, 0.15) is 29.0 Å². The first-order valence-electron chi connectivity index (χ1n) is 7.59. The van der Waals surface area contributed by atoms with Crippen LogP contribution in [-0.2, 0) is 0 Å². The van der Waals surface area contributed by atoms with Gasteiger partial charge < -0.3 is 19.1 Å². The van der Waals surface area contributed by atoms with E-state index in [0.29, 0.717) is 29.5 Å². The number of ether oxygens (including phenoxy) is 3. The second kappa shape index (κ2) is 8.63.